The van der Waals surface area contributed by atoms with Gasteiger partial charge < -0.3 is 10.3 Å². The molecule has 0 spiro atoms. The number of carbonyl (C=O) groups is 1. The first-order chi connectivity index (χ1) is 11.1. The molecule has 0 unspecified atom stereocenters. The Hall–Kier alpha value is -3.10. The number of pyridine rings is 1. The number of hydrogen-bond donors (Lipinski definition) is 2. The zero-order chi connectivity index (χ0) is 16.4. The van der Waals surface area contributed by atoms with Crippen LogP contribution in [0.2, 0.25) is 5.02 Å². The zero-order valence-electron chi connectivity index (χ0n) is 11.8. The van der Waals surface area contributed by atoms with Crippen molar-refractivity contribution in [2.45, 2.75) is 0 Å². The summed E-state index contributed by atoms with van der Waals surface area (Å²) in [6, 6.07) is 13.4. The van der Waals surface area contributed by atoms with Crippen LogP contribution in [0.4, 0.5) is 5.69 Å². The molecular formula is C17H10ClN3O2. The monoisotopic (exact) mass is 323 g/mol. The Morgan fingerprint density at radius 1 is 1.22 bits per heavy atom. The average molecular weight is 324 g/mol. The molecule has 0 saturated carbocycles. The maximum absolute atomic E-state index is 12.5. The molecule has 0 bridgehead atoms. The highest BCUT2D eigenvalue weighted by Crippen LogP contribution is 2.17. The fraction of sp³-hybridized carbons (Fsp3) is 0. The minimum absolute atomic E-state index is 0.0486. The van der Waals surface area contributed by atoms with Crippen molar-refractivity contribution in [3.8, 4) is 6.07 Å². The maximum Gasteiger partial charge on any atom is 0.261 e. The molecule has 112 valence electrons. The molecule has 0 aliphatic heterocycles. The van der Waals surface area contributed by atoms with E-state index in [1.54, 1.807) is 36.4 Å². The van der Waals surface area contributed by atoms with Crippen LogP contribution in [0, 0.1) is 11.3 Å². The van der Waals surface area contributed by atoms with Crippen molar-refractivity contribution >= 4 is 34.1 Å². The summed E-state index contributed by atoms with van der Waals surface area (Å²) in [6.07, 6.45) is 1.35. The highest BCUT2D eigenvalue weighted by atomic mass is 35.5. The van der Waals surface area contributed by atoms with E-state index in [9.17, 15) is 9.59 Å². The fourth-order valence-electron chi connectivity index (χ4n) is 2.24. The molecular weight excluding hydrogens is 314 g/mol. The summed E-state index contributed by atoms with van der Waals surface area (Å²) in [4.78, 5) is 27.7. The van der Waals surface area contributed by atoms with Crippen molar-refractivity contribution < 1.29 is 4.79 Å². The van der Waals surface area contributed by atoms with E-state index in [4.69, 9.17) is 16.9 Å². The molecule has 0 aliphatic rings. The SMILES string of the molecule is N#Cc1ccccc1NC(=O)c1c[nH]c2ccc(Cl)cc2c1=O. The summed E-state index contributed by atoms with van der Waals surface area (Å²) in [5, 5.41) is 12.4. The van der Waals surface area contributed by atoms with Crippen molar-refractivity contribution in [1.29, 1.82) is 5.26 Å². The molecule has 3 aromatic rings. The Morgan fingerprint density at radius 2 is 2.00 bits per heavy atom. The van der Waals surface area contributed by atoms with Gasteiger partial charge in [0.05, 0.1) is 11.3 Å². The number of para-hydroxylation sites is 1. The molecule has 0 radical (unpaired) electrons. The Labute approximate surface area is 136 Å². The van der Waals surface area contributed by atoms with E-state index in [1.807, 2.05) is 6.07 Å². The fourth-order valence-corrected chi connectivity index (χ4v) is 2.41. The number of aromatic nitrogens is 1. The van der Waals surface area contributed by atoms with Crippen LogP contribution < -0.4 is 10.7 Å². The Morgan fingerprint density at radius 3 is 2.78 bits per heavy atom. The lowest BCUT2D eigenvalue weighted by atomic mass is 10.1. The van der Waals surface area contributed by atoms with E-state index >= 15 is 0 Å². The lowest BCUT2D eigenvalue weighted by Gasteiger charge is -2.07. The number of hydrogen-bond acceptors (Lipinski definition) is 3. The van der Waals surface area contributed by atoms with Gasteiger partial charge in [0.1, 0.15) is 11.6 Å². The smallest absolute Gasteiger partial charge is 0.261 e. The molecule has 2 N–H and O–H groups in total. The molecule has 2 aromatic carbocycles. The molecule has 1 aromatic heterocycles. The van der Waals surface area contributed by atoms with Gasteiger partial charge in [-0.1, -0.05) is 23.7 Å². The minimum atomic E-state index is -0.587. The highest BCUT2D eigenvalue weighted by Gasteiger charge is 2.14. The highest BCUT2D eigenvalue weighted by molar-refractivity contribution is 6.31. The number of carbonyl (C=O) groups excluding carboxylic acids is 1. The van der Waals surface area contributed by atoms with Gasteiger partial charge in [0.25, 0.3) is 5.91 Å². The van der Waals surface area contributed by atoms with Crippen LogP contribution in [-0.4, -0.2) is 10.9 Å². The van der Waals surface area contributed by atoms with Crippen LogP contribution >= 0.6 is 11.6 Å². The van der Waals surface area contributed by atoms with Gasteiger partial charge in [-0.05, 0) is 30.3 Å². The molecule has 0 aliphatic carbocycles. The second-order valence-electron chi connectivity index (χ2n) is 4.83. The standard InChI is InChI=1S/C17H10ClN3O2/c18-11-5-6-15-12(7-11)16(22)13(9-20-15)17(23)21-14-4-2-1-3-10(14)8-19/h1-7,9H,(H,20,22)(H,21,23). The Kier molecular flexibility index (Phi) is 3.83. The van der Waals surface area contributed by atoms with Crippen molar-refractivity contribution in [2.75, 3.05) is 5.32 Å². The molecule has 6 heteroatoms. The molecule has 1 amide bonds. The first kappa shape index (κ1) is 14.8. The first-order valence-electron chi connectivity index (χ1n) is 6.71. The predicted octanol–water partition coefficient (Wildman–Crippen LogP) is 3.31. The second kappa shape index (κ2) is 5.95. The van der Waals surface area contributed by atoms with Crippen LogP contribution in [0.1, 0.15) is 15.9 Å². The number of fused-ring (bicyclic) bond motifs is 1. The van der Waals surface area contributed by atoms with Gasteiger partial charge >= 0.3 is 0 Å². The minimum Gasteiger partial charge on any atom is -0.360 e. The summed E-state index contributed by atoms with van der Waals surface area (Å²) in [5.74, 6) is -0.587. The largest absolute Gasteiger partial charge is 0.360 e. The summed E-state index contributed by atoms with van der Waals surface area (Å²) in [5.41, 5.74) is 0.792. The summed E-state index contributed by atoms with van der Waals surface area (Å²) in [7, 11) is 0. The van der Waals surface area contributed by atoms with E-state index in [-0.39, 0.29) is 5.56 Å². The van der Waals surface area contributed by atoms with Gasteiger partial charge in [-0.2, -0.15) is 5.26 Å². The van der Waals surface area contributed by atoms with E-state index < -0.39 is 11.3 Å². The van der Waals surface area contributed by atoms with E-state index in [2.05, 4.69) is 10.3 Å². The van der Waals surface area contributed by atoms with E-state index in [0.29, 0.717) is 27.2 Å². The number of nitrogens with zero attached hydrogens (tertiary/aromatic N) is 1. The third kappa shape index (κ3) is 2.80. The molecule has 23 heavy (non-hydrogen) atoms. The number of amides is 1. The van der Waals surface area contributed by atoms with Crippen LogP contribution in [-0.2, 0) is 0 Å². The third-order valence-electron chi connectivity index (χ3n) is 3.38. The average Bonchev–Trinajstić information content (AvgIpc) is 2.56. The number of H-pyrrole nitrogens is 1. The number of nitriles is 1. The van der Waals surface area contributed by atoms with Crippen LogP contribution in [0.25, 0.3) is 10.9 Å². The molecule has 0 saturated heterocycles. The van der Waals surface area contributed by atoms with Crippen molar-refractivity contribution in [3.63, 3.8) is 0 Å². The van der Waals surface area contributed by atoms with Crippen molar-refractivity contribution in [1.82, 2.24) is 4.98 Å². The van der Waals surface area contributed by atoms with E-state index in [1.165, 1.54) is 12.3 Å². The third-order valence-corrected chi connectivity index (χ3v) is 3.62. The van der Waals surface area contributed by atoms with Crippen LogP contribution in [0.5, 0.6) is 0 Å². The van der Waals surface area contributed by atoms with Crippen molar-refractivity contribution in [3.05, 3.63) is 75.0 Å². The number of rotatable bonds is 2. The lowest BCUT2D eigenvalue weighted by Crippen LogP contribution is -2.22. The van der Waals surface area contributed by atoms with Crippen molar-refractivity contribution in [2.24, 2.45) is 0 Å². The maximum atomic E-state index is 12.5. The number of aromatic amines is 1. The Balaban J connectivity index is 2.03. The van der Waals surface area contributed by atoms with Crippen LogP contribution in [0.3, 0.4) is 0 Å². The normalized spacial score (nSPS) is 10.3. The Bertz CT molecular complexity index is 1020. The number of halogens is 1. The van der Waals surface area contributed by atoms with E-state index in [0.717, 1.165) is 0 Å². The van der Waals surface area contributed by atoms with Gasteiger partial charge in [-0.15, -0.1) is 0 Å². The first-order valence-corrected chi connectivity index (χ1v) is 7.09. The van der Waals surface area contributed by atoms with Gasteiger partial charge in [0.15, 0.2) is 0 Å². The summed E-state index contributed by atoms with van der Waals surface area (Å²) >= 11 is 5.90. The van der Waals surface area contributed by atoms with Crippen LogP contribution in [0.15, 0.2) is 53.5 Å². The van der Waals surface area contributed by atoms with Gasteiger partial charge in [-0.3, -0.25) is 9.59 Å². The molecule has 0 fully saturated rings. The molecule has 5 nitrogen and oxygen atoms in total. The molecule has 1 heterocycles. The second-order valence-corrected chi connectivity index (χ2v) is 5.27. The summed E-state index contributed by atoms with van der Waals surface area (Å²) in [6.45, 7) is 0. The zero-order valence-corrected chi connectivity index (χ0v) is 12.5. The molecule has 3 rings (SSSR count). The quantitative estimate of drug-likeness (QED) is 0.758. The van der Waals surface area contributed by atoms with Gasteiger partial charge in [0.2, 0.25) is 5.43 Å². The van der Waals surface area contributed by atoms with Gasteiger partial charge in [0, 0.05) is 22.1 Å². The number of nitrogens with one attached hydrogen (secondary N) is 2. The topological polar surface area (TPSA) is 85.8 Å². The predicted molar refractivity (Wildman–Crippen MR) is 88.7 cm³/mol. The van der Waals surface area contributed by atoms with Gasteiger partial charge in [-0.25, -0.2) is 0 Å². The molecule has 0 atom stereocenters. The number of anilines is 1. The number of benzene rings is 2. The summed E-state index contributed by atoms with van der Waals surface area (Å²) < 4.78 is 0. The lowest BCUT2D eigenvalue weighted by molar-refractivity contribution is 0.102.